The highest BCUT2D eigenvalue weighted by molar-refractivity contribution is 8.03. The molecular formula is C50H32N2OS. The summed E-state index contributed by atoms with van der Waals surface area (Å²) in [5.74, 6) is 0.852. The van der Waals surface area contributed by atoms with Crippen LogP contribution in [0.4, 0.5) is 0 Å². The minimum absolute atomic E-state index is 0.0101. The number of fused-ring (bicyclic) bond motifs is 7. The molecule has 0 radical (unpaired) electrons. The molecule has 0 aliphatic carbocycles. The Kier molecular flexibility index (Phi) is 7.17. The molecule has 1 N–H and O–H groups in total. The Labute approximate surface area is 317 Å². The number of nitrogens with one attached hydrogen (secondary N) is 1. The van der Waals surface area contributed by atoms with Crippen molar-refractivity contribution in [2.45, 2.75) is 10.9 Å². The molecule has 0 fully saturated rings. The number of hydrogen-bond acceptors (Lipinski definition) is 4. The van der Waals surface area contributed by atoms with Crippen LogP contribution in [0, 0.1) is 0 Å². The van der Waals surface area contributed by atoms with Crippen LogP contribution < -0.4 is 5.32 Å². The van der Waals surface area contributed by atoms with Crippen molar-refractivity contribution < 1.29 is 4.42 Å². The van der Waals surface area contributed by atoms with Crippen molar-refractivity contribution in [3.05, 3.63) is 204 Å². The fourth-order valence-electron chi connectivity index (χ4n) is 8.07. The number of amidine groups is 1. The summed E-state index contributed by atoms with van der Waals surface area (Å²) in [4.78, 5) is 7.96. The Balaban J connectivity index is 1.05. The second-order valence-corrected chi connectivity index (χ2v) is 15.1. The van der Waals surface area contributed by atoms with E-state index in [0.29, 0.717) is 0 Å². The number of hydrogen-bond donors (Lipinski definition) is 1. The van der Waals surface area contributed by atoms with Crippen LogP contribution in [0.5, 0.6) is 0 Å². The predicted octanol–water partition coefficient (Wildman–Crippen LogP) is 13.3. The zero-order chi connectivity index (χ0) is 35.6. The number of rotatable bonds is 5. The van der Waals surface area contributed by atoms with E-state index in [1.807, 2.05) is 11.8 Å². The van der Waals surface area contributed by atoms with Gasteiger partial charge in [0.15, 0.2) is 0 Å². The molecule has 2 aliphatic rings. The highest BCUT2D eigenvalue weighted by Crippen LogP contribution is 2.52. The van der Waals surface area contributed by atoms with Crippen molar-refractivity contribution in [2.24, 2.45) is 4.99 Å². The molecule has 254 valence electrons. The number of thioether (sulfide) groups is 1. The van der Waals surface area contributed by atoms with Crippen molar-refractivity contribution in [1.29, 1.82) is 0 Å². The van der Waals surface area contributed by atoms with E-state index in [-0.39, 0.29) is 6.04 Å². The quantitative estimate of drug-likeness (QED) is 0.193. The molecular weight excluding hydrogens is 677 g/mol. The minimum Gasteiger partial charge on any atom is -0.456 e. The van der Waals surface area contributed by atoms with Gasteiger partial charge in [-0.1, -0.05) is 145 Å². The zero-order valence-corrected chi connectivity index (χ0v) is 30.0. The number of benzene rings is 8. The van der Waals surface area contributed by atoms with Gasteiger partial charge in [-0.3, -0.25) is 0 Å². The molecule has 1 atom stereocenters. The molecule has 11 rings (SSSR count). The van der Waals surface area contributed by atoms with Crippen LogP contribution in [-0.2, 0) is 0 Å². The second kappa shape index (κ2) is 12.5. The number of furan rings is 1. The van der Waals surface area contributed by atoms with Gasteiger partial charge >= 0.3 is 0 Å². The van der Waals surface area contributed by atoms with Crippen LogP contribution in [0.3, 0.4) is 0 Å². The Hall–Kier alpha value is -6.62. The van der Waals surface area contributed by atoms with E-state index in [4.69, 9.17) is 9.41 Å². The molecule has 54 heavy (non-hydrogen) atoms. The topological polar surface area (TPSA) is 37.5 Å². The third kappa shape index (κ3) is 5.18. The van der Waals surface area contributed by atoms with E-state index in [1.165, 1.54) is 48.4 Å². The monoisotopic (exact) mass is 708 g/mol. The first-order chi connectivity index (χ1) is 26.7. The van der Waals surface area contributed by atoms with Crippen LogP contribution >= 0.6 is 11.8 Å². The van der Waals surface area contributed by atoms with Gasteiger partial charge in [0.2, 0.25) is 0 Å². The molecule has 0 saturated carbocycles. The maximum absolute atomic E-state index is 6.68. The summed E-state index contributed by atoms with van der Waals surface area (Å²) in [5.41, 5.74) is 13.1. The summed E-state index contributed by atoms with van der Waals surface area (Å²) in [6.07, 6.45) is 0. The summed E-state index contributed by atoms with van der Waals surface area (Å²) < 4.78 is 6.68. The average molecular weight is 709 g/mol. The van der Waals surface area contributed by atoms with Gasteiger partial charge in [-0.05, 0) is 98.2 Å². The van der Waals surface area contributed by atoms with Gasteiger partial charge in [0, 0.05) is 31.7 Å². The summed E-state index contributed by atoms with van der Waals surface area (Å²) in [5, 5.41) is 8.45. The highest BCUT2D eigenvalue weighted by Gasteiger charge is 2.35. The van der Waals surface area contributed by atoms with Gasteiger partial charge in [0.25, 0.3) is 0 Å². The van der Waals surface area contributed by atoms with Gasteiger partial charge in [-0.15, -0.1) is 0 Å². The molecule has 0 bridgehead atoms. The van der Waals surface area contributed by atoms with Gasteiger partial charge in [0.05, 0.1) is 11.7 Å². The Morgan fingerprint density at radius 2 is 1.15 bits per heavy atom. The van der Waals surface area contributed by atoms with E-state index >= 15 is 0 Å². The molecule has 0 saturated heterocycles. The minimum atomic E-state index is 0.0101. The molecule has 0 amide bonds. The average Bonchev–Trinajstić information content (AvgIpc) is 3.82. The molecule has 8 aromatic carbocycles. The second-order valence-electron chi connectivity index (χ2n) is 14.0. The van der Waals surface area contributed by atoms with Crippen LogP contribution in [0.2, 0.25) is 0 Å². The fourth-order valence-corrected chi connectivity index (χ4v) is 9.32. The Morgan fingerprint density at radius 1 is 0.481 bits per heavy atom. The van der Waals surface area contributed by atoms with Crippen molar-refractivity contribution in [1.82, 2.24) is 5.32 Å². The first kappa shape index (κ1) is 31.0. The van der Waals surface area contributed by atoms with Gasteiger partial charge in [0.1, 0.15) is 17.0 Å². The molecule has 3 nitrogen and oxygen atoms in total. The standard InChI is InChI=1S/C50H32N2OS/c1-3-12-31(13-4-1)37-27-38(32-14-5-2-6-15-32)29-39(28-37)35-24-25-40-44(30-35)53-43-20-11-19-42(46(40)43)50-51-47(36-23-22-33-16-7-8-17-34(33)26-36)49-48(52-50)41-18-9-10-21-45(41)54-49/h1-30,48H,(H,51,52). The third-order valence-corrected chi connectivity index (χ3v) is 11.9. The maximum atomic E-state index is 6.68. The van der Waals surface area contributed by atoms with E-state index in [2.05, 4.69) is 187 Å². The predicted molar refractivity (Wildman–Crippen MR) is 226 cm³/mol. The fraction of sp³-hybridized carbons (Fsp3) is 0.0200. The third-order valence-electron chi connectivity index (χ3n) is 10.7. The highest BCUT2D eigenvalue weighted by atomic mass is 32.2. The first-order valence-corrected chi connectivity index (χ1v) is 19.1. The lowest BCUT2D eigenvalue weighted by molar-refractivity contribution is 0.669. The number of nitrogens with zero attached hydrogens (tertiary/aromatic N) is 1. The molecule has 1 unspecified atom stereocenters. The van der Waals surface area contributed by atoms with Crippen molar-refractivity contribution >= 4 is 56.0 Å². The van der Waals surface area contributed by atoms with Crippen LogP contribution in [-0.4, -0.2) is 5.84 Å². The lowest BCUT2D eigenvalue weighted by Gasteiger charge is -2.26. The first-order valence-electron chi connectivity index (χ1n) is 18.3. The largest absolute Gasteiger partial charge is 0.456 e. The van der Waals surface area contributed by atoms with E-state index in [0.717, 1.165) is 55.7 Å². The molecule has 4 heteroatoms. The zero-order valence-electron chi connectivity index (χ0n) is 29.2. The molecule has 2 aliphatic heterocycles. The van der Waals surface area contributed by atoms with Gasteiger partial charge in [-0.2, -0.15) is 0 Å². The van der Waals surface area contributed by atoms with E-state index in [9.17, 15) is 0 Å². The van der Waals surface area contributed by atoms with Gasteiger partial charge in [-0.25, -0.2) is 4.99 Å². The lowest BCUT2D eigenvalue weighted by atomic mass is 9.93. The van der Waals surface area contributed by atoms with Crippen molar-refractivity contribution in [3.8, 4) is 33.4 Å². The van der Waals surface area contributed by atoms with Crippen molar-refractivity contribution in [3.63, 3.8) is 0 Å². The molecule has 1 aromatic heterocycles. The van der Waals surface area contributed by atoms with Crippen LogP contribution in [0.15, 0.2) is 201 Å². The maximum Gasteiger partial charge on any atom is 0.136 e. The lowest BCUT2D eigenvalue weighted by Crippen LogP contribution is -2.32. The molecule has 0 spiro atoms. The van der Waals surface area contributed by atoms with Gasteiger partial charge < -0.3 is 9.73 Å². The van der Waals surface area contributed by atoms with E-state index < -0.39 is 0 Å². The summed E-state index contributed by atoms with van der Waals surface area (Å²) in [7, 11) is 0. The normalized spacial score (nSPS) is 15.0. The summed E-state index contributed by atoms with van der Waals surface area (Å²) in [6, 6.07) is 64.9. The summed E-state index contributed by atoms with van der Waals surface area (Å²) >= 11 is 1.82. The van der Waals surface area contributed by atoms with E-state index in [1.54, 1.807) is 0 Å². The SMILES string of the molecule is c1ccc(-c2cc(-c3ccccc3)cc(-c3ccc4c(c3)oc3cccc(C5=NC(c6ccc7ccccc7c6)=C6Sc7ccccc7C6N5)c34)c2)cc1. The molecule has 3 heterocycles. The smallest absolute Gasteiger partial charge is 0.136 e. The Morgan fingerprint density at radius 3 is 1.93 bits per heavy atom. The molecule has 9 aromatic rings. The van der Waals surface area contributed by atoms with Crippen molar-refractivity contribution in [2.75, 3.05) is 0 Å². The number of aliphatic imine (C=N–C) groups is 1. The van der Waals surface area contributed by atoms with Crippen LogP contribution in [0.1, 0.15) is 22.7 Å². The summed E-state index contributed by atoms with van der Waals surface area (Å²) in [6.45, 7) is 0. The van der Waals surface area contributed by atoms with Crippen LogP contribution in [0.25, 0.3) is 71.8 Å². The Bertz CT molecular complexity index is 2940.